The van der Waals surface area contributed by atoms with Crippen molar-refractivity contribution in [3.63, 3.8) is 0 Å². The maximum absolute atomic E-state index is 11.7. The summed E-state index contributed by atoms with van der Waals surface area (Å²) in [4.78, 5) is 22.9. The zero-order valence-corrected chi connectivity index (χ0v) is 10.3. The fourth-order valence-electron chi connectivity index (χ4n) is 1.89. The van der Waals surface area contributed by atoms with Gasteiger partial charge in [-0.3, -0.25) is 4.79 Å². The Morgan fingerprint density at radius 2 is 2.33 bits per heavy atom. The van der Waals surface area contributed by atoms with Crippen LogP contribution < -0.4 is 5.56 Å². The molecule has 96 valence electrons. The van der Waals surface area contributed by atoms with E-state index in [1.807, 2.05) is 0 Å². The fraction of sp³-hybridized carbons (Fsp3) is 0.462. The third-order valence-corrected chi connectivity index (χ3v) is 3.00. The molecule has 1 aromatic rings. The summed E-state index contributed by atoms with van der Waals surface area (Å²) in [6.45, 7) is 0.410. The molecule has 1 heterocycles. The van der Waals surface area contributed by atoms with Gasteiger partial charge in [0, 0.05) is 13.1 Å². The Bertz CT molecular complexity index is 519. The highest BCUT2D eigenvalue weighted by Crippen LogP contribution is 2.18. The highest BCUT2D eigenvalue weighted by molar-refractivity contribution is 5.86. The lowest BCUT2D eigenvalue weighted by Gasteiger charge is -2.17. The van der Waals surface area contributed by atoms with E-state index in [2.05, 4.69) is 17.3 Å². The summed E-state index contributed by atoms with van der Waals surface area (Å²) in [5.74, 6) is -0.0772. The minimum absolute atomic E-state index is 0.170. The van der Waals surface area contributed by atoms with E-state index < -0.39 is 5.97 Å². The molecule has 0 saturated carbocycles. The Hall–Kier alpha value is -1.91. The molecule has 0 spiro atoms. The van der Waals surface area contributed by atoms with E-state index in [4.69, 9.17) is 4.74 Å². The van der Waals surface area contributed by atoms with Gasteiger partial charge in [-0.15, -0.1) is 0 Å². The van der Waals surface area contributed by atoms with Crippen molar-refractivity contribution in [1.82, 2.24) is 9.78 Å². The van der Waals surface area contributed by atoms with Crippen LogP contribution in [-0.4, -0.2) is 22.4 Å². The first kappa shape index (κ1) is 12.5. The number of esters is 1. The molecule has 18 heavy (non-hydrogen) atoms. The molecule has 5 heteroatoms. The van der Waals surface area contributed by atoms with Crippen molar-refractivity contribution >= 4 is 5.97 Å². The van der Waals surface area contributed by atoms with Crippen LogP contribution in [0.5, 0.6) is 0 Å². The van der Waals surface area contributed by atoms with Gasteiger partial charge in [-0.1, -0.05) is 12.2 Å². The minimum atomic E-state index is -0.472. The lowest BCUT2D eigenvalue weighted by Crippen LogP contribution is -2.23. The molecular weight excluding hydrogens is 232 g/mol. The zero-order chi connectivity index (χ0) is 13.0. The molecule has 0 unspecified atom stereocenters. The standard InChI is InChI=1S/C13H16N2O3/c1-15-12(16)8-7-11(14-15)13(17)18-9-10-5-3-2-4-6-10/h2-3,7-8,10H,4-6,9H2,1H3/t10-/m1/s1. The van der Waals surface area contributed by atoms with E-state index in [1.165, 1.54) is 19.2 Å². The summed E-state index contributed by atoms with van der Waals surface area (Å²) < 4.78 is 6.34. The molecule has 0 aromatic carbocycles. The first-order valence-electron chi connectivity index (χ1n) is 6.03. The van der Waals surface area contributed by atoms with Crippen molar-refractivity contribution in [1.29, 1.82) is 0 Å². The molecule has 5 nitrogen and oxygen atoms in total. The number of carbonyl (C=O) groups excluding carboxylic acids is 1. The summed E-state index contributed by atoms with van der Waals surface area (Å²) in [5, 5.41) is 3.85. The molecule has 1 aliphatic carbocycles. The largest absolute Gasteiger partial charge is 0.461 e. The number of rotatable bonds is 3. The molecule has 0 amide bonds. The molecular formula is C13H16N2O3. The van der Waals surface area contributed by atoms with Crippen molar-refractivity contribution in [3.8, 4) is 0 Å². The molecule has 0 bridgehead atoms. The first-order valence-corrected chi connectivity index (χ1v) is 6.03. The number of hydrogen-bond donors (Lipinski definition) is 0. The average molecular weight is 248 g/mol. The van der Waals surface area contributed by atoms with Crippen molar-refractivity contribution in [2.24, 2.45) is 13.0 Å². The smallest absolute Gasteiger partial charge is 0.358 e. The van der Waals surface area contributed by atoms with Gasteiger partial charge in [0.25, 0.3) is 5.56 Å². The molecule has 0 fully saturated rings. The summed E-state index contributed by atoms with van der Waals surface area (Å²) in [6, 6.07) is 2.71. The van der Waals surface area contributed by atoms with Crippen molar-refractivity contribution in [3.05, 3.63) is 40.3 Å². The lowest BCUT2D eigenvalue weighted by molar-refractivity contribution is 0.0422. The van der Waals surface area contributed by atoms with Gasteiger partial charge in [-0.05, 0) is 31.2 Å². The Labute approximate surface area is 105 Å². The van der Waals surface area contributed by atoms with Crippen LogP contribution in [0.25, 0.3) is 0 Å². The normalized spacial score (nSPS) is 18.6. The third kappa shape index (κ3) is 3.06. The van der Waals surface area contributed by atoms with Gasteiger partial charge in [0.05, 0.1) is 6.61 Å². The van der Waals surface area contributed by atoms with E-state index in [0.29, 0.717) is 12.5 Å². The van der Waals surface area contributed by atoms with Crippen molar-refractivity contribution in [2.45, 2.75) is 19.3 Å². The number of ether oxygens (including phenoxy) is 1. The van der Waals surface area contributed by atoms with Gasteiger partial charge in [0.2, 0.25) is 0 Å². The van der Waals surface area contributed by atoms with Gasteiger partial charge >= 0.3 is 5.97 Å². The second-order valence-electron chi connectivity index (χ2n) is 4.43. The Kier molecular flexibility index (Phi) is 3.92. The predicted molar refractivity (Wildman–Crippen MR) is 66.2 cm³/mol. The Morgan fingerprint density at radius 3 is 3.00 bits per heavy atom. The molecule has 0 radical (unpaired) electrons. The van der Waals surface area contributed by atoms with Crippen LogP contribution in [0.15, 0.2) is 29.1 Å². The monoisotopic (exact) mass is 248 g/mol. The predicted octanol–water partition coefficient (Wildman–Crippen LogP) is 1.29. The van der Waals surface area contributed by atoms with Gasteiger partial charge in [-0.2, -0.15) is 5.10 Å². The summed E-state index contributed by atoms with van der Waals surface area (Å²) in [6.07, 6.45) is 7.30. The number of hydrogen-bond acceptors (Lipinski definition) is 4. The number of carbonyl (C=O) groups is 1. The van der Waals surface area contributed by atoms with E-state index in [1.54, 1.807) is 0 Å². The van der Waals surface area contributed by atoms with Gasteiger partial charge in [0.1, 0.15) is 0 Å². The van der Waals surface area contributed by atoms with E-state index in [9.17, 15) is 9.59 Å². The molecule has 0 N–H and O–H groups in total. The molecule has 2 rings (SSSR count). The van der Waals surface area contributed by atoms with Crippen LogP contribution >= 0.6 is 0 Å². The quantitative estimate of drug-likeness (QED) is 0.597. The number of aryl methyl sites for hydroxylation is 1. The van der Waals surface area contributed by atoms with Crippen LogP contribution in [0, 0.1) is 5.92 Å². The number of aromatic nitrogens is 2. The lowest BCUT2D eigenvalue weighted by atomic mass is 9.95. The summed E-state index contributed by atoms with van der Waals surface area (Å²) in [5.41, 5.74) is -0.0765. The molecule has 1 aromatic heterocycles. The highest BCUT2D eigenvalue weighted by atomic mass is 16.5. The van der Waals surface area contributed by atoms with Crippen LogP contribution in [0.3, 0.4) is 0 Å². The second-order valence-corrected chi connectivity index (χ2v) is 4.43. The maximum Gasteiger partial charge on any atom is 0.358 e. The van der Waals surface area contributed by atoms with Crippen LogP contribution in [0.1, 0.15) is 29.8 Å². The number of nitrogens with zero attached hydrogens (tertiary/aromatic N) is 2. The molecule has 0 saturated heterocycles. The molecule has 1 aliphatic rings. The van der Waals surface area contributed by atoms with Crippen LogP contribution in [-0.2, 0) is 11.8 Å². The molecule has 1 atom stereocenters. The average Bonchev–Trinajstić information content (AvgIpc) is 2.40. The summed E-state index contributed by atoms with van der Waals surface area (Å²) in [7, 11) is 1.51. The topological polar surface area (TPSA) is 61.2 Å². The van der Waals surface area contributed by atoms with Crippen molar-refractivity contribution in [2.75, 3.05) is 6.61 Å². The Morgan fingerprint density at radius 1 is 1.50 bits per heavy atom. The molecule has 0 aliphatic heterocycles. The second kappa shape index (κ2) is 5.62. The van der Waals surface area contributed by atoms with E-state index in [0.717, 1.165) is 23.9 Å². The maximum atomic E-state index is 11.7. The van der Waals surface area contributed by atoms with Gasteiger partial charge in [0.15, 0.2) is 5.69 Å². The zero-order valence-electron chi connectivity index (χ0n) is 10.3. The summed E-state index contributed by atoms with van der Waals surface area (Å²) >= 11 is 0. The van der Waals surface area contributed by atoms with Crippen molar-refractivity contribution < 1.29 is 9.53 Å². The Balaban J connectivity index is 1.93. The minimum Gasteiger partial charge on any atom is -0.461 e. The fourth-order valence-corrected chi connectivity index (χ4v) is 1.89. The highest BCUT2D eigenvalue weighted by Gasteiger charge is 2.15. The first-order chi connectivity index (χ1) is 8.66. The van der Waals surface area contributed by atoms with Crippen LogP contribution in [0.4, 0.5) is 0 Å². The van der Waals surface area contributed by atoms with Gasteiger partial charge < -0.3 is 4.74 Å². The number of allylic oxidation sites excluding steroid dienone is 2. The van der Waals surface area contributed by atoms with Crippen LogP contribution in [0.2, 0.25) is 0 Å². The SMILES string of the molecule is Cn1nc(C(=O)OC[C@@H]2CC=CCC2)ccc1=O. The van der Waals surface area contributed by atoms with E-state index in [-0.39, 0.29) is 11.3 Å². The van der Waals surface area contributed by atoms with Gasteiger partial charge in [-0.25, -0.2) is 9.48 Å². The third-order valence-electron chi connectivity index (χ3n) is 3.00. The van der Waals surface area contributed by atoms with E-state index >= 15 is 0 Å².